The zero-order valence-electron chi connectivity index (χ0n) is 11.8. The summed E-state index contributed by atoms with van der Waals surface area (Å²) in [6.07, 6.45) is 7.40. The molecule has 1 aromatic heterocycles. The lowest BCUT2D eigenvalue weighted by molar-refractivity contribution is 0.491. The van der Waals surface area contributed by atoms with Crippen molar-refractivity contribution >= 4 is 0 Å². The largest absolute Gasteiger partial charge is 0.314 e. The second kappa shape index (κ2) is 7.10. The van der Waals surface area contributed by atoms with Gasteiger partial charge in [0.15, 0.2) is 0 Å². The Morgan fingerprint density at radius 2 is 2.00 bits per heavy atom. The smallest absolute Gasteiger partial charge is 0.0522 e. The molecule has 1 aromatic carbocycles. The number of rotatable bonds is 7. The van der Waals surface area contributed by atoms with E-state index in [0.717, 1.165) is 25.8 Å². The molecule has 1 N–H and O–H groups in total. The van der Waals surface area contributed by atoms with Gasteiger partial charge in [0.2, 0.25) is 0 Å². The highest BCUT2D eigenvalue weighted by Gasteiger charge is 2.09. The summed E-state index contributed by atoms with van der Waals surface area (Å²) in [5.74, 6) is 0. The van der Waals surface area contributed by atoms with Crippen LogP contribution in [0.5, 0.6) is 0 Å². The zero-order chi connectivity index (χ0) is 13.5. The Morgan fingerprint density at radius 3 is 2.63 bits per heavy atom. The molecule has 0 saturated heterocycles. The molecule has 0 aliphatic carbocycles. The Hall–Kier alpha value is -1.61. The fourth-order valence-corrected chi connectivity index (χ4v) is 2.41. The maximum atomic E-state index is 4.24. The summed E-state index contributed by atoms with van der Waals surface area (Å²) in [5, 5.41) is 7.81. The second-order valence-electron chi connectivity index (χ2n) is 5.01. The van der Waals surface area contributed by atoms with Gasteiger partial charge in [-0.1, -0.05) is 37.3 Å². The zero-order valence-corrected chi connectivity index (χ0v) is 11.8. The van der Waals surface area contributed by atoms with E-state index >= 15 is 0 Å². The van der Waals surface area contributed by atoms with Gasteiger partial charge in [-0.25, -0.2) is 0 Å². The van der Waals surface area contributed by atoms with Crippen LogP contribution in [0.1, 0.15) is 24.5 Å². The number of benzene rings is 1. The van der Waals surface area contributed by atoms with Gasteiger partial charge in [-0.3, -0.25) is 4.68 Å². The Kier molecular flexibility index (Phi) is 5.16. The number of likely N-dealkylation sites (N-methyl/N-ethyl adjacent to an activating group) is 1. The van der Waals surface area contributed by atoms with Crippen molar-refractivity contribution in [2.24, 2.45) is 7.05 Å². The summed E-state index contributed by atoms with van der Waals surface area (Å²) in [6.45, 7) is 3.18. The van der Waals surface area contributed by atoms with Crippen LogP contribution in [-0.4, -0.2) is 22.4 Å². The second-order valence-corrected chi connectivity index (χ2v) is 5.01. The van der Waals surface area contributed by atoms with Crippen LogP contribution in [0.4, 0.5) is 0 Å². The van der Waals surface area contributed by atoms with E-state index in [9.17, 15) is 0 Å². The third kappa shape index (κ3) is 4.52. The van der Waals surface area contributed by atoms with E-state index < -0.39 is 0 Å². The van der Waals surface area contributed by atoms with Crippen molar-refractivity contribution in [1.82, 2.24) is 15.1 Å². The highest BCUT2D eigenvalue weighted by atomic mass is 15.2. The first-order chi connectivity index (χ1) is 9.28. The Labute approximate surface area is 115 Å². The van der Waals surface area contributed by atoms with Gasteiger partial charge in [0, 0.05) is 19.3 Å². The molecule has 0 aliphatic rings. The van der Waals surface area contributed by atoms with Crippen molar-refractivity contribution in [3.8, 4) is 0 Å². The minimum atomic E-state index is 0.523. The van der Waals surface area contributed by atoms with Crippen LogP contribution in [0, 0.1) is 0 Å². The highest BCUT2D eigenvalue weighted by molar-refractivity contribution is 5.15. The fraction of sp³-hybridized carbons (Fsp3) is 0.438. The van der Waals surface area contributed by atoms with E-state index in [4.69, 9.17) is 0 Å². The Bertz CT molecular complexity index is 476. The number of nitrogens with zero attached hydrogens (tertiary/aromatic N) is 2. The van der Waals surface area contributed by atoms with Crippen molar-refractivity contribution in [3.63, 3.8) is 0 Å². The lowest BCUT2D eigenvalue weighted by Gasteiger charge is -2.17. The number of nitrogens with one attached hydrogen (secondary N) is 1. The minimum absolute atomic E-state index is 0.523. The van der Waals surface area contributed by atoms with E-state index in [1.165, 1.54) is 11.1 Å². The Morgan fingerprint density at radius 1 is 1.21 bits per heavy atom. The van der Waals surface area contributed by atoms with Gasteiger partial charge in [-0.2, -0.15) is 5.10 Å². The first kappa shape index (κ1) is 13.8. The molecule has 1 atom stereocenters. The van der Waals surface area contributed by atoms with Gasteiger partial charge in [-0.05, 0) is 36.9 Å². The molecule has 0 bridgehead atoms. The average Bonchev–Trinajstić information content (AvgIpc) is 2.83. The quantitative estimate of drug-likeness (QED) is 0.826. The number of hydrogen-bond acceptors (Lipinski definition) is 2. The SMILES string of the molecule is CCNC(CCc1ccccc1)Cc1cnn(C)c1. The van der Waals surface area contributed by atoms with Gasteiger partial charge in [0.1, 0.15) is 0 Å². The van der Waals surface area contributed by atoms with E-state index in [0.29, 0.717) is 6.04 Å². The molecule has 0 spiro atoms. The number of aryl methyl sites for hydroxylation is 2. The Balaban J connectivity index is 1.89. The van der Waals surface area contributed by atoms with Gasteiger partial charge in [-0.15, -0.1) is 0 Å². The van der Waals surface area contributed by atoms with Crippen LogP contribution in [0.15, 0.2) is 42.7 Å². The summed E-state index contributed by atoms with van der Waals surface area (Å²) >= 11 is 0. The third-order valence-corrected chi connectivity index (χ3v) is 3.36. The molecule has 0 amide bonds. The summed E-state index contributed by atoms with van der Waals surface area (Å²) in [6, 6.07) is 11.2. The molecular weight excluding hydrogens is 234 g/mol. The molecule has 0 radical (unpaired) electrons. The number of aromatic nitrogens is 2. The normalized spacial score (nSPS) is 12.5. The first-order valence-electron chi connectivity index (χ1n) is 7.02. The van der Waals surface area contributed by atoms with Gasteiger partial charge < -0.3 is 5.32 Å². The summed E-state index contributed by atoms with van der Waals surface area (Å²) in [4.78, 5) is 0. The standard InChI is InChI=1S/C16H23N3/c1-3-17-16(11-15-12-18-19(2)13-15)10-9-14-7-5-4-6-8-14/h4-8,12-13,16-17H,3,9-11H2,1-2H3. The predicted octanol–water partition coefficient (Wildman–Crippen LogP) is 2.57. The summed E-state index contributed by atoms with van der Waals surface area (Å²) < 4.78 is 1.87. The van der Waals surface area contributed by atoms with Crippen molar-refractivity contribution in [2.45, 2.75) is 32.2 Å². The van der Waals surface area contributed by atoms with E-state index in [1.54, 1.807) is 0 Å². The first-order valence-corrected chi connectivity index (χ1v) is 7.02. The topological polar surface area (TPSA) is 29.9 Å². The van der Waals surface area contributed by atoms with Crippen LogP contribution in [-0.2, 0) is 19.9 Å². The molecule has 1 heterocycles. The maximum Gasteiger partial charge on any atom is 0.0522 e. The molecule has 3 heteroatoms. The molecule has 102 valence electrons. The van der Waals surface area contributed by atoms with E-state index in [1.807, 2.05) is 17.9 Å². The molecule has 2 rings (SSSR count). The fourth-order valence-electron chi connectivity index (χ4n) is 2.41. The van der Waals surface area contributed by atoms with Gasteiger partial charge in [0.05, 0.1) is 6.20 Å². The van der Waals surface area contributed by atoms with Crippen LogP contribution >= 0.6 is 0 Å². The molecule has 3 nitrogen and oxygen atoms in total. The lowest BCUT2D eigenvalue weighted by atomic mass is 10.0. The predicted molar refractivity (Wildman–Crippen MR) is 79.1 cm³/mol. The van der Waals surface area contributed by atoms with E-state index in [-0.39, 0.29) is 0 Å². The lowest BCUT2D eigenvalue weighted by Crippen LogP contribution is -2.31. The third-order valence-electron chi connectivity index (χ3n) is 3.36. The minimum Gasteiger partial charge on any atom is -0.314 e. The highest BCUT2D eigenvalue weighted by Crippen LogP contribution is 2.09. The van der Waals surface area contributed by atoms with Gasteiger partial charge in [0.25, 0.3) is 0 Å². The molecule has 0 fully saturated rings. The van der Waals surface area contributed by atoms with Crippen LogP contribution in [0.25, 0.3) is 0 Å². The molecule has 0 aliphatic heterocycles. The average molecular weight is 257 g/mol. The van der Waals surface area contributed by atoms with Crippen LogP contribution in [0.3, 0.4) is 0 Å². The molecule has 0 saturated carbocycles. The summed E-state index contributed by atoms with van der Waals surface area (Å²) in [7, 11) is 1.97. The molecule has 2 aromatic rings. The van der Waals surface area contributed by atoms with Crippen molar-refractivity contribution in [2.75, 3.05) is 6.54 Å². The van der Waals surface area contributed by atoms with Crippen molar-refractivity contribution < 1.29 is 0 Å². The number of hydrogen-bond donors (Lipinski definition) is 1. The van der Waals surface area contributed by atoms with Crippen LogP contribution in [0.2, 0.25) is 0 Å². The molecular formula is C16H23N3. The van der Waals surface area contributed by atoms with Gasteiger partial charge >= 0.3 is 0 Å². The van der Waals surface area contributed by atoms with Crippen molar-refractivity contribution in [1.29, 1.82) is 0 Å². The molecule has 1 unspecified atom stereocenters. The molecule has 19 heavy (non-hydrogen) atoms. The van der Waals surface area contributed by atoms with E-state index in [2.05, 4.69) is 53.9 Å². The van der Waals surface area contributed by atoms with Crippen molar-refractivity contribution in [3.05, 3.63) is 53.9 Å². The monoisotopic (exact) mass is 257 g/mol. The maximum absolute atomic E-state index is 4.24. The van der Waals surface area contributed by atoms with Crippen LogP contribution < -0.4 is 5.32 Å². The summed E-state index contributed by atoms with van der Waals surface area (Å²) in [5.41, 5.74) is 2.72.